The fraction of sp³-hybridized carbons (Fsp3) is 0.429. The number of nitrogens with zero attached hydrogens (tertiary/aromatic N) is 2. The van der Waals surface area contributed by atoms with Crippen LogP contribution in [0.3, 0.4) is 0 Å². The van der Waals surface area contributed by atoms with Crippen molar-refractivity contribution in [2.24, 2.45) is 0 Å². The number of nitrogens with one attached hydrogen (secondary N) is 1. The summed E-state index contributed by atoms with van der Waals surface area (Å²) in [5, 5.41) is 14.8. The van der Waals surface area contributed by atoms with Crippen molar-refractivity contribution in [3.05, 3.63) is 44.9 Å². The predicted octanol–water partition coefficient (Wildman–Crippen LogP) is 3.84. The molecule has 19 heavy (non-hydrogen) atoms. The molecule has 1 atom stereocenters. The van der Waals surface area contributed by atoms with Gasteiger partial charge in [-0.05, 0) is 37.6 Å². The van der Waals surface area contributed by atoms with E-state index in [2.05, 4.69) is 35.4 Å². The highest BCUT2D eigenvalue weighted by Crippen LogP contribution is 2.21. The van der Waals surface area contributed by atoms with Crippen molar-refractivity contribution >= 4 is 22.9 Å². The molecule has 1 unspecified atom stereocenters. The third-order valence-corrected chi connectivity index (χ3v) is 4.14. The Bertz CT molecular complexity index is 527. The first kappa shape index (κ1) is 14.4. The third-order valence-electron chi connectivity index (χ3n) is 2.80. The summed E-state index contributed by atoms with van der Waals surface area (Å²) in [6, 6.07) is 8.15. The van der Waals surface area contributed by atoms with E-state index in [-0.39, 0.29) is 6.04 Å². The monoisotopic (exact) mass is 295 g/mol. The van der Waals surface area contributed by atoms with Crippen molar-refractivity contribution in [2.75, 3.05) is 6.54 Å². The maximum atomic E-state index is 5.98. The van der Waals surface area contributed by atoms with Crippen LogP contribution < -0.4 is 5.32 Å². The molecule has 0 spiro atoms. The average Bonchev–Trinajstić information content (AvgIpc) is 2.84. The Morgan fingerprint density at radius 3 is 2.95 bits per heavy atom. The summed E-state index contributed by atoms with van der Waals surface area (Å²) >= 11 is 7.65. The predicted molar refractivity (Wildman–Crippen MR) is 80.9 cm³/mol. The zero-order chi connectivity index (χ0) is 13.7. The largest absolute Gasteiger partial charge is 0.308 e. The van der Waals surface area contributed by atoms with Crippen LogP contribution in [-0.4, -0.2) is 16.7 Å². The lowest BCUT2D eigenvalue weighted by molar-refractivity contribution is 0.564. The molecule has 0 bridgehead atoms. The Hall–Kier alpha value is -0.970. The van der Waals surface area contributed by atoms with E-state index < -0.39 is 0 Å². The van der Waals surface area contributed by atoms with Gasteiger partial charge in [-0.3, -0.25) is 0 Å². The van der Waals surface area contributed by atoms with Gasteiger partial charge in [0.1, 0.15) is 10.0 Å². The van der Waals surface area contributed by atoms with Crippen LogP contribution in [0.2, 0.25) is 5.02 Å². The van der Waals surface area contributed by atoms with Crippen LogP contribution in [0.4, 0.5) is 0 Å². The number of rotatable bonds is 6. The molecular formula is C14H18ClN3S. The van der Waals surface area contributed by atoms with Crippen LogP contribution in [-0.2, 0) is 6.42 Å². The molecule has 0 amide bonds. The van der Waals surface area contributed by atoms with Gasteiger partial charge in [0.05, 0.1) is 6.04 Å². The van der Waals surface area contributed by atoms with Gasteiger partial charge in [0.2, 0.25) is 0 Å². The molecule has 0 fully saturated rings. The Kier molecular flexibility index (Phi) is 5.31. The normalized spacial score (nSPS) is 12.6. The summed E-state index contributed by atoms with van der Waals surface area (Å²) in [6.45, 7) is 5.29. The Morgan fingerprint density at radius 1 is 1.37 bits per heavy atom. The van der Waals surface area contributed by atoms with E-state index >= 15 is 0 Å². The fourth-order valence-electron chi connectivity index (χ4n) is 1.78. The third kappa shape index (κ3) is 4.27. The minimum absolute atomic E-state index is 0.269. The molecule has 5 heteroatoms. The van der Waals surface area contributed by atoms with Gasteiger partial charge in [0, 0.05) is 11.4 Å². The molecule has 0 aliphatic rings. The van der Waals surface area contributed by atoms with Crippen molar-refractivity contribution in [1.82, 2.24) is 15.5 Å². The number of hydrogen-bond donors (Lipinski definition) is 1. The van der Waals surface area contributed by atoms with Crippen LogP contribution in [0.1, 0.15) is 41.9 Å². The first-order valence-corrected chi connectivity index (χ1v) is 7.68. The number of halogens is 1. The molecule has 2 aromatic rings. The number of hydrogen-bond acceptors (Lipinski definition) is 4. The maximum Gasteiger partial charge on any atom is 0.134 e. The van der Waals surface area contributed by atoms with E-state index in [1.165, 1.54) is 5.56 Å². The molecule has 2 rings (SSSR count). The molecule has 0 aliphatic carbocycles. The van der Waals surface area contributed by atoms with Crippen LogP contribution in [0, 0.1) is 0 Å². The van der Waals surface area contributed by atoms with Gasteiger partial charge in [-0.15, -0.1) is 10.2 Å². The van der Waals surface area contributed by atoms with Gasteiger partial charge in [-0.1, -0.05) is 42.0 Å². The van der Waals surface area contributed by atoms with E-state index in [1.54, 1.807) is 11.3 Å². The van der Waals surface area contributed by atoms with E-state index in [0.717, 1.165) is 34.4 Å². The smallest absolute Gasteiger partial charge is 0.134 e. The lowest BCUT2D eigenvalue weighted by atomic mass is 10.2. The Labute approximate surface area is 123 Å². The van der Waals surface area contributed by atoms with Crippen LogP contribution in [0.5, 0.6) is 0 Å². The molecule has 0 saturated carbocycles. The highest BCUT2D eigenvalue weighted by Gasteiger charge is 2.11. The van der Waals surface area contributed by atoms with Crippen LogP contribution in [0.25, 0.3) is 0 Å². The number of aromatic nitrogens is 2. The quantitative estimate of drug-likeness (QED) is 0.880. The first-order valence-electron chi connectivity index (χ1n) is 6.49. The maximum absolute atomic E-state index is 5.98. The fourth-order valence-corrected chi connectivity index (χ4v) is 2.90. The Morgan fingerprint density at radius 2 is 2.21 bits per heavy atom. The lowest BCUT2D eigenvalue weighted by Crippen LogP contribution is -2.18. The van der Waals surface area contributed by atoms with Crippen molar-refractivity contribution < 1.29 is 0 Å². The molecule has 3 nitrogen and oxygen atoms in total. The highest BCUT2D eigenvalue weighted by molar-refractivity contribution is 7.11. The summed E-state index contributed by atoms with van der Waals surface area (Å²) < 4.78 is 0. The van der Waals surface area contributed by atoms with Crippen LogP contribution in [0.15, 0.2) is 24.3 Å². The summed E-state index contributed by atoms with van der Waals surface area (Å²) in [6.07, 6.45) is 1.91. The van der Waals surface area contributed by atoms with Gasteiger partial charge in [0.15, 0.2) is 0 Å². The summed E-state index contributed by atoms with van der Waals surface area (Å²) in [5.41, 5.74) is 1.17. The molecule has 0 radical (unpaired) electrons. The van der Waals surface area contributed by atoms with E-state index in [4.69, 9.17) is 11.6 Å². The van der Waals surface area contributed by atoms with Crippen LogP contribution >= 0.6 is 22.9 Å². The molecule has 1 aromatic heterocycles. The second-order valence-electron chi connectivity index (χ2n) is 4.52. The van der Waals surface area contributed by atoms with Crippen molar-refractivity contribution in [3.8, 4) is 0 Å². The highest BCUT2D eigenvalue weighted by atomic mass is 35.5. The van der Waals surface area contributed by atoms with Gasteiger partial charge in [-0.2, -0.15) is 0 Å². The van der Waals surface area contributed by atoms with Crippen molar-refractivity contribution in [3.63, 3.8) is 0 Å². The SMILES string of the molecule is CCCNC(C)c1nnc(Cc2cccc(Cl)c2)s1. The molecule has 0 saturated heterocycles. The average molecular weight is 296 g/mol. The zero-order valence-electron chi connectivity index (χ0n) is 11.2. The molecule has 1 aromatic carbocycles. The molecule has 1 N–H and O–H groups in total. The standard InChI is InChI=1S/C14H18ClN3S/c1-3-7-16-10(2)14-18-17-13(19-14)9-11-5-4-6-12(15)8-11/h4-6,8,10,16H,3,7,9H2,1-2H3. The zero-order valence-corrected chi connectivity index (χ0v) is 12.8. The van der Waals surface area contributed by atoms with E-state index in [0.29, 0.717) is 0 Å². The molecule has 102 valence electrons. The van der Waals surface area contributed by atoms with Gasteiger partial charge in [0.25, 0.3) is 0 Å². The van der Waals surface area contributed by atoms with Gasteiger partial charge >= 0.3 is 0 Å². The summed E-state index contributed by atoms with van der Waals surface area (Å²) in [4.78, 5) is 0. The Balaban J connectivity index is 2.01. The minimum Gasteiger partial charge on any atom is -0.308 e. The molecular weight excluding hydrogens is 278 g/mol. The second kappa shape index (κ2) is 6.98. The lowest BCUT2D eigenvalue weighted by Gasteiger charge is -2.08. The topological polar surface area (TPSA) is 37.8 Å². The first-order chi connectivity index (χ1) is 9.19. The molecule has 0 aliphatic heterocycles. The van der Waals surface area contributed by atoms with Crippen molar-refractivity contribution in [1.29, 1.82) is 0 Å². The summed E-state index contributed by atoms with van der Waals surface area (Å²) in [5.74, 6) is 0. The van der Waals surface area contributed by atoms with Crippen molar-refractivity contribution in [2.45, 2.75) is 32.7 Å². The van der Waals surface area contributed by atoms with E-state index in [1.807, 2.05) is 18.2 Å². The molecule has 1 heterocycles. The summed E-state index contributed by atoms with van der Waals surface area (Å²) in [7, 11) is 0. The van der Waals surface area contributed by atoms with E-state index in [9.17, 15) is 0 Å². The minimum atomic E-state index is 0.269. The number of benzene rings is 1. The van der Waals surface area contributed by atoms with Gasteiger partial charge < -0.3 is 5.32 Å². The van der Waals surface area contributed by atoms with Gasteiger partial charge in [-0.25, -0.2) is 0 Å². The second-order valence-corrected chi connectivity index (χ2v) is 6.05.